The van der Waals surface area contributed by atoms with E-state index < -0.39 is 48.2 Å². The first kappa shape index (κ1) is 35.6. The summed E-state index contributed by atoms with van der Waals surface area (Å²) >= 11 is 0. The van der Waals surface area contributed by atoms with Gasteiger partial charge in [0.05, 0.1) is 41.3 Å². The molecule has 0 atom stereocenters. The van der Waals surface area contributed by atoms with Gasteiger partial charge in [-0.3, -0.25) is 9.59 Å². The smallest absolute Gasteiger partial charge is 0.875 e. The van der Waals surface area contributed by atoms with E-state index in [1.807, 2.05) is 0 Å². The van der Waals surface area contributed by atoms with Crippen LogP contribution in [0.4, 0.5) is 0 Å². The zero-order valence-corrected chi connectivity index (χ0v) is 18.5. The van der Waals surface area contributed by atoms with Crippen LogP contribution < -0.4 is 10.2 Å². The van der Waals surface area contributed by atoms with Gasteiger partial charge >= 0.3 is 43.4 Å². The van der Waals surface area contributed by atoms with E-state index in [0.717, 1.165) is 28.4 Å². The molecule has 0 saturated heterocycles. The molecule has 0 aromatic carbocycles. The molecule has 0 heterocycles. The second-order valence-electron chi connectivity index (χ2n) is 3.77. The summed E-state index contributed by atoms with van der Waals surface area (Å²) in [5.41, 5.74) is 0. The molecule has 27 heavy (non-hydrogen) atoms. The Bertz CT molecular complexity index is 466. The maximum Gasteiger partial charge on any atom is 2.00 e. The molecule has 0 aromatic heterocycles. The van der Waals surface area contributed by atoms with Crippen molar-refractivity contribution in [1.82, 2.24) is 0 Å². The van der Waals surface area contributed by atoms with Crippen molar-refractivity contribution < 1.29 is 78.8 Å². The Labute approximate surface area is 168 Å². The Hall–Kier alpha value is -2.50. The van der Waals surface area contributed by atoms with Crippen molar-refractivity contribution in [2.24, 2.45) is 0 Å². The van der Waals surface area contributed by atoms with E-state index in [4.69, 9.17) is 0 Å². The van der Waals surface area contributed by atoms with Crippen LogP contribution in [0.25, 0.3) is 0 Å². The summed E-state index contributed by atoms with van der Waals surface area (Å²) in [7, 11) is 4.61. The van der Waals surface area contributed by atoms with Crippen molar-refractivity contribution in [2.45, 2.75) is 12.8 Å². The third-order valence-electron chi connectivity index (χ3n) is 2.05. The zero-order valence-electron chi connectivity index (χ0n) is 15.5. The van der Waals surface area contributed by atoms with Crippen LogP contribution in [0, 0.1) is 0 Å². The quantitative estimate of drug-likeness (QED) is 0.0957. The molecular weight excluding hydrogens is 426 g/mol. The molecule has 0 rings (SSSR count). The maximum absolute atomic E-state index is 10.7. The number of hydrogen-bond acceptors (Lipinski definition) is 10. The molecule has 13 heteroatoms. The standard InChI is InChI=1S/2C7H10O5.2H2O.Zn/c2*1-11-6(9)3-5(8)4-7(10)12-2;;;/h2*3,8H,4H2,1-2H3;2*1H2;/q;;;;+2/b2*5-3-;;;. The molecule has 0 spiro atoms. The number of esters is 4. The van der Waals surface area contributed by atoms with Crippen LogP contribution in [0.2, 0.25) is 0 Å². The fraction of sp³-hybridized carbons (Fsp3) is 0.429. The van der Waals surface area contributed by atoms with Gasteiger partial charge in [0.2, 0.25) is 0 Å². The molecule has 0 unspecified atom stereocenters. The molecule has 6 N–H and O–H groups in total. The summed E-state index contributed by atoms with van der Waals surface area (Å²) in [4.78, 5) is 41.8. The van der Waals surface area contributed by atoms with Crippen molar-refractivity contribution in [2.75, 3.05) is 28.4 Å². The Kier molecular flexibility index (Phi) is 28.4. The van der Waals surface area contributed by atoms with Gasteiger partial charge in [-0.2, -0.15) is 0 Å². The number of methoxy groups -OCH3 is 4. The van der Waals surface area contributed by atoms with Gasteiger partial charge in [0.1, 0.15) is 0 Å². The van der Waals surface area contributed by atoms with Gasteiger partial charge in [0.15, 0.2) is 0 Å². The van der Waals surface area contributed by atoms with Crippen LogP contribution in [-0.4, -0.2) is 52.3 Å². The van der Waals surface area contributed by atoms with E-state index in [2.05, 4.69) is 18.9 Å². The molecule has 0 aliphatic carbocycles. The van der Waals surface area contributed by atoms with Crippen LogP contribution in [0.1, 0.15) is 12.8 Å². The van der Waals surface area contributed by atoms with Gasteiger partial charge in [0, 0.05) is 12.2 Å². The number of hydrogen-bond donors (Lipinski definition) is 0. The summed E-state index contributed by atoms with van der Waals surface area (Å²) < 4.78 is 16.7. The molecule has 0 bridgehead atoms. The average Bonchev–Trinajstić information content (AvgIpc) is 2.54. The number of carbonyl (C=O) groups excluding carboxylic acids is 4. The molecule has 0 saturated carbocycles. The topological polar surface area (TPSA) is 217 Å². The summed E-state index contributed by atoms with van der Waals surface area (Å²) in [6, 6.07) is 0. The van der Waals surface area contributed by atoms with E-state index in [1.165, 1.54) is 0 Å². The Morgan fingerprint density at radius 2 is 0.926 bits per heavy atom. The summed E-state index contributed by atoms with van der Waals surface area (Å²) in [5.74, 6) is -4.17. The van der Waals surface area contributed by atoms with Crippen molar-refractivity contribution in [1.29, 1.82) is 0 Å². The molecule has 0 aliphatic heterocycles. The van der Waals surface area contributed by atoms with Crippen LogP contribution in [0.3, 0.4) is 0 Å². The molecular formula is C14H24O12Zn+2. The fourth-order valence-corrected chi connectivity index (χ4v) is 0.912. The van der Waals surface area contributed by atoms with Crippen LogP contribution >= 0.6 is 0 Å². The van der Waals surface area contributed by atoms with Crippen molar-refractivity contribution in [3.8, 4) is 0 Å². The summed E-state index contributed by atoms with van der Waals surface area (Å²) in [5, 5.41) is 21.4. The first-order valence-electron chi connectivity index (χ1n) is 6.24. The summed E-state index contributed by atoms with van der Waals surface area (Å²) in [6.45, 7) is 0. The summed E-state index contributed by atoms with van der Waals surface area (Å²) in [6.07, 6.45) is 0.533. The first-order valence-corrected chi connectivity index (χ1v) is 6.24. The van der Waals surface area contributed by atoms with E-state index in [9.17, 15) is 29.4 Å². The van der Waals surface area contributed by atoms with Gasteiger partial charge in [0.25, 0.3) is 0 Å². The van der Waals surface area contributed by atoms with Gasteiger partial charge in [-0.25, -0.2) is 9.59 Å². The Morgan fingerprint density at radius 1 is 0.667 bits per heavy atom. The molecule has 0 radical (unpaired) electrons. The van der Waals surface area contributed by atoms with Crippen molar-refractivity contribution >= 4 is 23.9 Å². The van der Waals surface area contributed by atoms with Gasteiger partial charge in [-0.05, 0) is 0 Å². The van der Waals surface area contributed by atoms with Crippen molar-refractivity contribution in [3.05, 3.63) is 23.7 Å². The number of ether oxygens (including phenoxy) is 4. The molecule has 12 nitrogen and oxygen atoms in total. The minimum atomic E-state index is -0.774. The van der Waals surface area contributed by atoms with E-state index in [-0.39, 0.29) is 30.4 Å². The second-order valence-corrected chi connectivity index (χ2v) is 3.77. The van der Waals surface area contributed by atoms with E-state index in [1.54, 1.807) is 0 Å². The largest absolute Gasteiger partial charge is 2.00 e. The third kappa shape index (κ3) is 23.5. The SMILES string of the molecule is COC(=O)/C=C(\[O-])CC(=O)OC.COC(=O)/C=C(\[O-])CC(=O)OC.[OH3+].[OH3+].[Zn+2]. The monoisotopic (exact) mass is 448 g/mol. The third-order valence-corrected chi connectivity index (χ3v) is 2.05. The van der Waals surface area contributed by atoms with Gasteiger partial charge in [-0.1, -0.05) is 0 Å². The van der Waals surface area contributed by atoms with Crippen LogP contribution in [0.15, 0.2) is 23.7 Å². The second kappa shape index (κ2) is 21.5. The van der Waals surface area contributed by atoms with Gasteiger partial charge in [-0.15, -0.1) is 11.5 Å². The van der Waals surface area contributed by atoms with Crippen molar-refractivity contribution in [3.63, 3.8) is 0 Å². The normalized spacial score (nSPS) is 9.48. The molecule has 0 fully saturated rings. The van der Waals surface area contributed by atoms with E-state index >= 15 is 0 Å². The average molecular weight is 450 g/mol. The number of rotatable bonds is 6. The Morgan fingerprint density at radius 3 is 1.11 bits per heavy atom. The number of carbonyl (C=O) groups is 4. The van der Waals surface area contributed by atoms with Gasteiger partial charge < -0.3 is 40.1 Å². The fourth-order valence-electron chi connectivity index (χ4n) is 0.912. The minimum Gasteiger partial charge on any atom is -0.875 e. The molecule has 152 valence electrons. The van der Waals surface area contributed by atoms with Crippen LogP contribution in [-0.2, 0) is 68.6 Å². The minimum absolute atomic E-state index is 0. The zero-order chi connectivity index (χ0) is 19.1. The van der Waals surface area contributed by atoms with E-state index in [0.29, 0.717) is 12.2 Å². The predicted molar refractivity (Wildman–Crippen MR) is 83.2 cm³/mol. The molecule has 0 aliphatic rings. The molecule has 0 amide bonds. The first-order chi connectivity index (χ1) is 11.2. The van der Waals surface area contributed by atoms with Crippen LogP contribution in [0.5, 0.6) is 0 Å². The Balaban J connectivity index is -0.000000108. The predicted octanol–water partition coefficient (Wildman–Crippen LogP) is -3.91. The maximum atomic E-state index is 10.7. The molecule has 0 aromatic rings.